The quantitative estimate of drug-likeness (QED) is 0.436. The van der Waals surface area contributed by atoms with Crippen LogP contribution in [-0.4, -0.2) is 42.4 Å². The minimum atomic E-state index is -0.480. The Balaban J connectivity index is 1.42. The lowest BCUT2D eigenvalue weighted by molar-refractivity contribution is 0.0527. The topological polar surface area (TPSA) is 97.5 Å². The standard InChI is InChI=1S/C25H28N6O2/c1-15-9-20(21(13-26-15)33-14-22(32)25(4)6-7-25)18-5-8-31-19(11-18)12-24(30-31)29-23-10-16(2)27-17(3)28-23/h5,8-13,22,32H,6-7,14H2,1-4H3,(H,27,28,29,30)/t22-/m1/s1. The molecule has 1 fully saturated rings. The number of nitrogens with one attached hydrogen (secondary N) is 1. The van der Waals surface area contributed by atoms with Gasteiger partial charge in [-0.3, -0.25) is 4.98 Å². The van der Waals surface area contributed by atoms with Gasteiger partial charge >= 0.3 is 0 Å². The fourth-order valence-corrected chi connectivity index (χ4v) is 3.92. The zero-order chi connectivity index (χ0) is 23.2. The first-order chi connectivity index (χ1) is 15.8. The molecule has 0 radical (unpaired) electrons. The molecule has 8 heteroatoms. The van der Waals surface area contributed by atoms with Crippen LogP contribution in [0.2, 0.25) is 0 Å². The Labute approximate surface area is 192 Å². The van der Waals surface area contributed by atoms with Crippen molar-refractivity contribution in [3.63, 3.8) is 0 Å². The Morgan fingerprint density at radius 3 is 2.67 bits per heavy atom. The Morgan fingerprint density at radius 2 is 1.91 bits per heavy atom. The van der Waals surface area contributed by atoms with E-state index in [1.54, 1.807) is 6.20 Å². The van der Waals surface area contributed by atoms with Gasteiger partial charge in [0.25, 0.3) is 0 Å². The molecule has 0 saturated heterocycles. The van der Waals surface area contributed by atoms with Crippen LogP contribution in [0.25, 0.3) is 16.6 Å². The summed E-state index contributed by atoms with van der Waals surface area (Å²) in [5.74, 6) is 2.79. The number of aliphatic hydroxyl groups is 1. The number of aryl methyl sites for hydroxylation is 3. The molecule has 0 aromatic carbocycles. The zero-order valence-corrected chi connectivity index (χ0v) is 19.3. The van der Waals surface area contributed by atoms with E-state index in [9.17, 15) is 5.11 Å². The average Bonchev–Trinajstić information content (AvgIpc) is 3.39. The van der Waals surface area contributed by atoms with Crippen molar-refractivity contribution in [3.05, 3.63) is 59.9 Å². The maximum Gasteiger partial charge on any atom is 0.154 e. The second kappa shape index (κ2) is 8.12. The second-order valence-electron chi connectivity index (χ2n) is 9.18. The molecule has 0 unspecified atom stereocenters. The van der Waals surface area contributed by atoms with Crippen molar-refractivity contribution in [3.8, 4) is 16.9 Å². The summed E-state index contributed by atoms with van der Waals surface area (Å²) in [5, 5.41) is 18.3. The van der Waals surface area contributed by atoms with Crippen molar-refractivity contribution in [1.82, 2.24) is 24.6 Å². The molecule has 5 rings (SSSR count). The third kappa shape index (κ3) is 4.52. The van der Waals surface area contributed by atoms with Crippen LogP contribution in [0.15, 0.2) is 42.7 Å². The van der Waals surface area contributed by atoms with Crippen molar-refractivity contribution < 1.29 is 9.84 Å². The number of anilines is 2. The molecule has 0 spiro atoms. The molecule has 170 valence electrons. The van der Waals surface area contributed by atoms with Gasteiger partial charge in [-0.1, -0.05) is 6.92 Å². The molecule has 0 aliphatic heterocycles. The Kier molecular flexibility index (Phi) is 5.25. The first-order valence-electron chi connectivity index (χ1n) is 11.2. The second-order valence-corrected chi connectivity index (χ2v) is 9.18. The zero-order valence-electron chi connectivity index (χ0n) is 19.3. The first-order valence-corrected chi connectivity index (χ1v) is 11.2. The van der Waals surface area contributed by atoms with Crippen LogP contribution in [0.3, 0.4) is 0 Å². The molecule has 2 N–H and O–H groups in total. The summed E-state index contributed by atoms with van der Waals surface area (Å²) in [6.07, 6.45) is 5.26. The lowest BCUT2D eigenvalue weighted by atomic mass is 10.0. The summed E-state index contributed by atoms with van der Waals surface area (Å²) in [6, 6.07) is 9.94. The number of aromatic nitrogens is 5. The number of aliphatic hydroxyl groups excluding tert-OH is 1. The van der Waals surface area contributed by atoms with Crippen LogP contribution in [-0.2, 0) is 0 Å². The fraction of sp³-hybridized carbons (Fsp3) is 0.360. The predicted octanol–water partition coefficient (Wildman–Crippen LogP) is 4.39. The summed E-state index contributed by atoms with van der Waals surface area (Å²) >= 11 is 0. The number of rotatable bonds is 7. The fourth-order valence-electron chi connectivity index (χ4n) is 3.92. The normalized spacial score (nSPS) is 15.4. The molecule has 4 aromatic heterocycles. The van der Waals surface area contributed by atoms with Crippen molar-refractivity contribution in [2.24, 2.45) is 5.41 Å². The van der Waals surface area contributed by atoms with Crippen LogP contribution >= 0.6 is 0 Å². The van der Waals surface area contributed by atoms with E-state index in [0.717, 1.165) is 40.9 Å². The number of fused-ring (bicyclic) bond motifs is 1. The first kappa shape index (κ1) is 21.3. The van der Waals surface area contributed by atoms with Gasteiger partial charge in [0, 0.05) is 35.3 Å². The van der Waals surface area contributed by atoms with Gasteiger partial charge < -0.3 is 15.2 Å². The minimum Gasteiger partial charge on any atom is -0.489 e. The average molecular weight is 445 g/mol. The van der Waals surface area contributed by atoms with Gasteiger partial charge in [-0.2, -0.15) is 5.10 Å². The van der Waals surface area contributed by atoms with Gasteiger partial charge in [0.15, 0.2) is 5.82 Å². The van der Waals surface area contributed by atoms with Crippen LogP contribution in [0.5, 0.6) is 5.75 Å². The Bertz CT molecular complexity index is 1310. The number of nitrogens with zero attached hydrogens (tertiary/aromatic N) is 5. The van der Waals surface area contributed by atoms with E-state index in [-0.39, 0.29) is 12.0 Å². The predicted molar refractivity (Wildman–Crippen MR) is 127 cm³/mol. The van der Waals surface area contributed by atoms with Crippen LogP contribution in [0.4, 0.5) is 11.6 Å². The molecule has 0 bridgehead atoms. The largest absolute Gasteiger partial charge is 0.489 e. The van der Waals surface area contributed by atoms with Crippen LogP contribution < -0.4 is 10.1 Å². The van der Waals surface area contributed by atoms with Gasteiger partial charge in [-0.15, -0.1) is 0 Å². The lowest BCUT2D eigenvalue weighted by Gasteiger charge is -2.19. The molecule has 33 heavy (non-hydrogen) atoms. The molecule has 4 heterocycles. The molecule has 1 aliphatic carbocycles. The maximum atomic E-state index is 10.5. The van der Waals surface area contributed by atoms with Gasteiger partial charge in [-0.25, -0.2) is 14.5 Å². The highest BCUT2D eigenvalue weighted by Crippen LogP contribution is 2.48. The van der Waals surface area contributed by atoms with Gasteiger partial charge in [0.2, 0.25) is 0 Å². The smallest absolute Gasteiger partial charge is 0.154 e. The van der Waals surface area contributed by atoms with Gasteiger partial charge in [-0.05, 0) is 62.8 Å². The summed E-state index contributed by atoms with van der Waals surface area (Å²) in [7, 11) is 0. The van der Waals surface area contributed by atoms with Crippen LogP contribution in [0, 0.1) is 26.2 Å². The minimum absolute atomic E-state index is 0.0149. The van der Waals surface area contributed by atoms with E-state index in [1.807, 2.05) is 55.7 Å². The highest BCUT2D eigenvalue weighted by molar-refractivity contribution is 5.75. The third-order valence-electron chi connectivity index (χ3n) is 6.24. The number of hydrogen-bond donors (Lipinski definition) is 2. The summed E-state index contributed by atoms with van der Waals surface area (Å²) < 4.78 is 7.85. The molecule has 4 aromatic rings. The van der Waals surface area contributed by atoms with Crippen LogP contribution in [0.1, 0.15) is 37.0 Å². The summed E-state index contributed by atoms with van der Waals surface area (Å²) in [5.41, 5.74) is 4.66. The van der Waals surface area contributed by atoms with Crippen molar-refractivity contribution in [2.45, 2.75) is 46.6 Å². The van der Waals surface area contributed by atoms with Crippen molar-refractivity contribution in [2.75, 3.05) is 11.9 Å². The monoisotopic (exact) mass is 444 g/mol. The Hall–Kier alpha value is -3.52. The van der Waals surface area contributed by atoms with E-state index in [1.165, 1.54) is 0 Å². The molecule has 1 aliphatic rings. The van der Waals surface area contributed by atoms with E-state index in [2.05, 4.69) is 38.4 Å². The van der Waals surface area contributed by atoms with E-state index < -0.39 is 6.10 Å². The third-order valence-corrected chi connectivity index (χ3v) is 6.24. The Morgan fingerprint density at radius 1 is 1.09 bits per heavy atom. The number of hydrogen-bond acceptors (Lipinski definition) is 7. The highest BCUT2D eigenvalue weighted by Gasteiger charge is 2.44. The molecular formula is C25H28N6O2. The lowest BCUT2D eigenvalue weighted by Crippen LogP contribution is -2.26. The summed E-state index contributed by atoms with van der Waals surface area (Å²) in [4.78, 5) is 13.1. The van der Waals surface area contributed by atoms with Gasteiger partial charge in [0.05, 0.1) is 17.8 Å². The van der Waals surface area contributed by atoms with E-state index in [4.69, 9.17) is 4.74 Å². The van der Waals surface area contributed by atoms with E-state index in [0.29, 0.717) is 23.2 Å². The molecule has 8 nitrogen and oxygen atoms in total. The van der Waals surface area contributed by atoms with E-state index >= 15 is 0 Å². The SMILES string of the molecule is Cc1cc(-c2ccn3nc(Nc4cc(C)nc(C)n4)cc3c2)c(OC[C@@H](O)C2(C)CC2)cn1. The molecule has 1 saturated carbocycles. The maximum absolute atomic E-state index is 10.5. The number of ether oxygens (including phenoxy) is 1. The molecular weight excluding hydrogens is 416 g/mol. The van der Waals surface area contributed by atoms with Gasteiger partial charge in [0.1, 0.15) is 24.0 Å². The van der Waals surface area contributed by atoms with Crippen molar-refractivity contribution >= 4 is 17.2 Å². The number of pyridine rings is 2. The molecule has 0 amide bonds. The summed E-state index contributed by atoms with van der Waals surface area (Å²) in [6.45, 7) is 8.12. The highest BCUT2D eigenvalue weighted by atomic mass is 16.5. The van der Waals surface area contributed by atoms with Crippen molar-refractivity contribution in [1.29, 1.82) is 0 Å². The molecule has 1 atom stereocenters.